The van der Waals surface area contributed by atoms with E-state index in [0.717, 1.165) is 17.2 Å². The van der Waals surface area contributed by atoms with Gasteiger partial charge in [0.05, 0.1) is 6.04 Å². The van der Waals surface area contributed by atoms with Crippen LogP contribution < -0.4 is 21.5 Å². The number of benzene rings is 3. The third-order valence-corrected chi connectivity index (χ3v) is 5.31. The van der Waals surface area contributed by atoms with E-state index in [1.54, 1.807) is 18.2 Å². The number of anilines is 2. The van der Waals surface area contributed by atoms with Crippen molar-refractivity contribution in [3.63, 3.8) is 0 Å². The van der Waals surface area contributed by atoms with Gasteiger partial charge in [0.1, 0.15) is 17.3 Å². The van der Waals surface area contributed by atoms with E-state index in [4.69, 9.17) is 0 Å². The minimum Gasteiger partial charge on any atom is -0.502 e. The van der Waals surface area contributed by atoms with Crippen LogP contribution in [-0.2, 0) is 0 Å². The first-order chi connectivity index (χ1) is 15.3. The molecule has 0 heterocycles. The van der Waals surface area contributed by atoms with Crippen LogP contribution in [0.1, 0.15) is 35.7 Å². The second-order valence-electron chi connectivity index (χ2n) is 7.57. The molecule has 0 aliphatic carbocycles. The molecule has 162 valence electrons. The second kappa shape index (κ2) is 8.72. The molecule has 3 N–H and O–H groups in total. The van der Waals surface area contributed by atoms with Crippen molar-refractivity contribution >= 4 is 11.4 Å². The van der Waals surface area contributed by atoms with Gasteiger partial charge in [-0.25, -0.2) is 8.78 Å². The third-order valence-electron chi connectivity index (χ3n) is 5.31. The van der Waals surface area contributed by atoms with Gasteiger partial charge in [-0.15, -0.1) is 0 Å². The average Bonchev–Trinajstić information content (AvgIpc) is 2.80. The van der Waals surface area contributed by atoms with Crippen LogP contribution in [0.4, 0.5) is 20.2 Å². The predicted molar refractivity (Wildman–Crippen MR) is 119 cm³/mol. The van der Waals surface area contributed by atoms with E-state index in [1.807, 2.05) is 43.3 Å². The molecule has 32 heavy (non-hydrogen) atoms. The number of hydrogen-bond donors (Lipinski definition) is 3. The summed E-state index contributed by atoms with van der Waals surface area (Å²) in [5.41, 5.74) is 0.882. The minimum absolute atomic E-state index is 0.139. The lowest BCUT2D eigenvalue weighted by Gasteiger charge is -2.25. The number of halogens is 2. The summed E-state index contributed by atoms with van der Waals surface area (Å²) < 4.78 is 27.4. The van der Waals surface area contributed by atoms with Gasteiger partial charge in [0.15, 0.2) is 5.75 Å². The van der Waals surface area contributed by atoms with E-state index in [1.165, 1.54) is 12.1 Å². The van der Waals surface area contributed by atoms with Gasteiger partial charge in [-0.3, -0.25) is 14.9 Å². The molecule has 0 bridgehead atoms. The van der Waals surface area contributed by atoms with Crippen LogP contribution in [-0.4, -0.2) is 5.11 Å². The highest BCUT2D eigenvalue weighted by molar-refractivity contribution is 5.69. The molecule has 0 fully saturated rings. The van der Waals surface area contributed by atoms with Crippen molar-refractivity contribution in [1.82, 2.24) is 5.32 Å². The lowest BCUT2D eigenvalue weighted by Crippen LogP contribution is -2.32. The molecule has 0 spiro atoms. The molecule has 2 unspecified atom stereocenters. The summed E-state index contributed by atoms with van der Waals surface area (Å²) in [7, 11) is 0. The van der Waals surface area contributed by atoms with E-state index in [-0.39, 0.29) is 17.8 Å². The molecule has 0 saturated heterocycles. The molecule has 4 aromatic carbocycles. The largest absolute Gasteiger partial charge is 0.502 e. The molecular formula is C25H20F2N2O3. The second-order valence-corrected chi connectivity index (χ2v) is 7.57. The van der Waals surface area contributed by atoms with Crippen LogP contribution in [0.2, 0.25) is 0 Å². The Hall–Kier alpha value is -3.84. The van der Waals surface area contributed by atoms with E-state index >= 15 is 0 Å². The van der Waals surface area contributed by atoms with E-state index in [0.29, 0.717) is 11.3 Å². The topological polar surface area (TPSA) is 78.4 Å². The maximum absolute atomic E-state index is 13.7. The van der Waals surface area contributed by atoms with Crippen molar-refractivity contribution in [2.75, 3.05) is 5.32 Å². The Balaban J connectivity index is 1.67. The number of nitrogens with one attached hydrogen (secondary N) is 2. The Morgan fingerprint density at radius 2 is 1.44 bits per heavy atom. The average molecular weight is 434 g/mol. The highest BCUT2D eigenvalue weighted by Gasteiger charge is 2.22. The summed E-state index contributed by atoms with van der Waals surface area (Å²) in [4.78, 5) is 22.9. The summed E-state index contributed by atoms with van der Waals surface area (Å²) >= 11 is 0. The van der Waals surface area contributed by atoms with Crippen molar-refractivity contribution < 1.29 is 13.9 Å². The molecule has 0 aliphatic rings. The predicted octanol–water partition coefficient (Wildman–Crippen LogP) is 4.45. The van der Waals surface area contributed by atoms with Crippen LogP contribution in [0.15, 0.2) is 82.4 Å². The Morgan fingerprint density at radius 3 is 2.09 bits per heavy atom. The zero-order chi connectivity index (χ0) is 22.8. The van der Waals surface area contributed by atoms with Crippen LogP contribution >= 0.6 is 0 Å². The molecule has 0 aliphatic heterocycles. The monoisotopic (exact) mass is 434 g/mol. The third kappa shape index (κ3) is 4.29. The van der Waals surface area contributed by atoms with E-state index < -0.39 is 28.2 Å². The van der Waals surface area contributed by atoms with Crippen LogP contribution in [0, 0.1) is 11.6 Å². The number of aromatic hydroxyl groups is 1. The lowest BCUT2D eigenvalue weighted by molar-refractivity contribution is 0.466. The maximum Gasteiger partial charge on any atom is 0.271 e. The van der Waals surface area contributed by atoms with Crippen molar-refractivity contribution in [3.8, 4) is 5.75 Å². The molecule has 0 aromatic heterocycles. The first kappa shape index (κ1) is 21.4. The molecule has 5 nitrogen and oxygen atoms in total. The summed E-state index contributed by atoms with van der Waals surface area (Å²) in [5.74, 6) is -1.88. The van der Waals surface area contributed by atoms with Gasteiger partial charge in [0, 0.05) is 17.8 Å². The highest BCUT2D eigenvalue weighted by Crippen LogP contribution is 2.29. The summed E-state index contributed by atoms with van der Waals surface area (Å²) in [5, 5.41) is 15.8. The lowest BCUT2D eigenvalue weighted by atomic mass is 9.96. The summed E-state index contributed by atoms with van der Waals surface area (Å²) in [6.45, 7) is 1.81. The molecule has 0 radical (unpaired) electrons. The zero-order valence-corrected chi connectivity index (χ0v) is 17.1. The zero-order valence-electron chi connectivity index (χ0n) is 17.1. The molecule has 4 rings (SSSR count). The molecule has 0 saturated carbocycles. The van der Waals surface area contributed by atoms with Gasteiger partial charge >= 0.3 is 0 Å². The van der Waals surface area contributed by atoms with Crippen LogP contribution in [0.25, 0.3) is 0 Å². The Bertz CT molecular complexity index is 1310. The van der Waals surface area contributed by atoms with Gasteiger partial charge in [0.2, 0.25) is 0 Å². The molecule has 2 atom stereocenters. The van der Waals surface area contributed by atoms with Crippen molar-refractivity contribution in [3.05, 3.63) is 122 Å². The highest BCUT2D eigenvalue weighted by atomic mass is 19.1. The Labute approximate surface area is 182 Å². The summed E-state index contributed by atoms with van der Waals surface area (Å²) in [6, 6.07) is 19.3. The van der Waals surface area contributed by atoms with Crippen molar-refractivity contribution in [2.45, 2.75) is 19.0 Å². The molecule has 4 aromatic rings. The van der Waals surface area contributed by atoms with Crippen LogP contribution in [0.5, 0.6) is 5.75 Å². The van der Waals surface area contributed by atoms with Gasteiger partial charge < -0.3 is 10.4 Å². The maximum atomic E-state index is 13.7. The fraction of sp³-hybridized carbons (Fsp3) is 0.120. The van der Waals surface area contributed by atoms with Crippen LogP contribution in [0.3, 0.4) is 0 Å². The molecule has 0 amide bonds. The Kier molecular flexibility index (Phi) is 5.83. The quantitative estimate of drug-likeness (QED) is 0.375. The number of hydrogen-bond acceptors (Lipinski definition) is 5. The molecule has 7 heteroatoms. The fourth-order valence-corrected chi connectivity index (χ4v) is 3.64. The number of rotatable bonds is 7. The fourth-order valence-electron chi connectivity index (χ4n) is 3.64. The van der Waals surface area contributed by atoms with Gasteiger partial charge in [0.25, 0.3) is 10.9 Å². The van der Waals surface area contributed by atoms with Gasteiger partial charge in [-0.2, -0.15) is 0 Å². The molecular weight excluding hydrogens is 414 g/mol. The minimum atomic E-state index is -0.913. The van der Waals surface area contributed by atoms with Crippen molar-refractivity contribution in [2.24, 2.45) is 0 Å². The van der Waals surface area contributed by atoms with Crippen molar-refractivity contribution in [1.29, 1.82) is 0 Å². The van der Waals surface area contributed by atoms with Gasteiger partial charge in [-0.1, -0.05) is 42.5 Å². The standard InChI is InChI=1S/C25H20F2N2O3/c1-14(17-10-18(26)13-19(27)11-17)28-21(15-6-3-2-4-7-15)16-8-5-9-20(12-16)29-22-23(30)25(32)24(22)31/h2-14,21,28-30H,1H3. The first-order valence-corrected chi connectivity index (χ1v) is 9.99. The van der Waals surface area contributed by atoms with E-state index in [9.17, 15) is 23.5 Å². The normalized spacial score (nSPS) is 13.1. The SMILES string of the molecule is CC(NC(c1ccccc1)c1cccc(Nc2c(O)c(=O)c2=O)c1)c1cc(F)cc(F)c1. The smallest absolute Gasteiger partial charge is 0.271 e. The Morgan fingerprint density at radius 1 is 0.781 bits per heavy atom. The summed E-state index contributed by atoms with van der Waals surface area (Å²) in [6.07, 6.45) is 0. The van der Waals surface area contributed by atoms with Gasteiger partial charge in [-0.05, 0) is 47.9 Å². The van der Waals surface area contributed by atoms with E-state index in [2.05, 4.69) is 10.6 Å². The first-order valence-electron chi connectivity index (χ1n) is 9.99.